The molecular weight excluding hydrogens is 281 g/mol. The van der Waals surface area contributed by atoms with E-state index < -0.39 is 5.77 Å². The van der Waals surface area contributed by atoms with E-state index in [0.29, 0.717) is 24.0 Å². The van der Waals surface area contributed by atoms with Crippen LogP contribution in [-0.4, -0.2) is 23.9 Å². The number of nitrogens with zero attached hydrogens (tertiary/aromatic N) is 1. The van der Waals surface area contributed by atoms with Gasteiger partial charge in [-0.2, -0.15) is 5.26 Å². The number of hydrogen-bond acceptors (Lipinski definition) is 6. The van der Waals surface area contributed by atoms with Crippen molar-refractivity contribution in [1.29, 1.82) is 5.26 Å². The van der Waals surface area contributed by atoms with Crippen LogP contribution in [0, 0.1) is 16.6 Å². The van der Waals surface area contributed by atoms with Crippen molar-refractivity contribution in [3.63, 3.8) is 0 Å². The molecule has 0 aliphatic heterocycles. The minimum Gasteiger partial charge on any atom is -0.314 e. The van der Waals surface area contributed by atoms with Crippen LogP contribution in [0.25, 0.3) is 0 Å². The van der Waals surface area contributed by atoms with E-state index in [1.54, 1.807) is 0 Å². The zero-order valence-electron chi connectivity index (χ0n) is 9.84. The lowest BCUT2D eigenvalue weighted by molar-refractivity contribution is 0.357. The quantitative estimate of drug-likeness (QED) is 0.356. The van der Waals surface area contributed by atoms with Crippen LogP contribution in [0.3, 0.4) is 0 Å². The average molecular weight is 299 g/mol. The Kier molecular flexibility index (Phi) is 10.2. The van der Waals surface area contributed by atoms with Crippen LogP contribution >= 0.6 is 40.3 Å². The highest BCUT2D eigenvalue weighted by molar-refractivity contribution is 8.89. The van der Waals surface area contributed by atoms with E-state index in [-0.39, 0.29) is 0 Å². The van der Waals surface area contributed by atoms with Gasteiger partial charge in [0, 0.05) is 17.3 Å². The van der Waals surface area contributed by atoms with Gasteiger partial charge in [-0.3, -0.25) is 4.57 Å². The molecule has 0 aliphatic rings. The highest BCUT2D eigenvalue weighted by Gasteiger charge is 2.24. The smallest absolute Gasteiger partial charge is 0.313 e. The topological polar surface area (TPSA) is 50.1 Å². The van der Waals surface area contributed by atoms with E-state index in [9.17, 15) is 4.57 Å². The fraction of sp³-hybridized carbons (Fsp3) is 0.889. The van der Waals surface area contributed by atoms with Crippen LogP contribution in [0.15, 0.2) is 0 Å². The molecular formula is C9H18NO2PS3. The molecule has 1 unspecified atom stereocenters. The van der Waals surface area contributed by atoms with Gasteiger partial charge >= 0.3 is 5.77 Å². The van der Waals surface area contributed by atoms with Crippen molar-refractivity contribution in [2.24, 2.45) is 5.92 Å². The minimum absolute atomic E-state index is 0.473. The lowest BCUT2D eigenvalue weighted by Crippen LogP contribution is -1.93. The van der Waals surface area contributed by atoms with E-state index >= 15 is 0 Å². The van der Waals surface area contributed by atoms with Gasteiger partial charge in [-0.05, 0) is 24.6 Å². The van der Waals surface area contributed by atoms with E-state index in [2.05, 4.69) is 13.8 Å². The van der Waals surface area contributed by atoms with Crippen molar-refractivity contribution < 1.29 is 9.09 Å². The van der Waals surface area contributed by atoms with Gasteiger partial charge < -0.3 is 4.52 Å². The molecule has 0 spiro atoms. The van der Waals surface area contributed by atoms with E-state index in [4.69, 9.17) is 9.79 Å². The third-order valence-corrected chi connectivity index (χ3v) is 9.98. The molecule has 94 valence electrons. The van der Waals surface area contributed by atoms with Crippen LogP contribution in [0.2, 0.25) is 0 Å². The summed E-state index contributed by atoms with van der Waals surface area (Å²) < 4.78 is 17.6. The second kappa shape index (κ2) is 9.73. The molecule has 0 radical (unpaired) electrons. The Morgan fingerprint density at radius 3 is 2.56 bits per heavy atom. The Morgan fingerprint density at radius 2 is 2.06 bits per heavy atom. The summed E-state index contributed by atoms with van der Waals surface area (Å²) in [6, 6.07) is 0. The fourth-order valence-electron chi connectivity index (χ4n) is 0.747. The highest BCUT2D eigenvalue weighted by atomic mass is 33.1. The fourth-order valence-corrected chi connectivity index (χ4v) is 8.69. The van der Waals surface area contributed by atoms with Crippen LogP contribution in [0.1, 0.15) is 20.8 Å². The molecule has 0 fully saturated rings. The van der Waals surface area contributed by atoms with Crippen LogP contribution in [-0.2, 0) is 9.09 Å². The predicted octanol–water partition coefficient (Wildman–Crippen LogP) is 4.47. The summed E-state index contributed by atoms with van der Waals surface area (Å²) in [6.45, 7) is 6.52. The molecule has 0 aromatic carbocycles. The zero-order valence-corrected chi connectivity index (χ0v) is 13.2. The second-order valence-electron chi connectivity index (χ2n) is 3.33. The Morgan fingerprint density at radius 1 is 1.38 bits per heavy atom. The first-order valence-electron chi connectivity index (χ1n) is 5.08. The third-order valence-electron chi connectivity index (χ3n) is 1.35. The highest BCUT2D eigenvalue weighted by Crippen LogP contribution is 2.70. The molecule has 0 N–H and O–H groups in total. The number of rotatable bonds is 9. The number of hydrogen-bond donors (Lipinski definition) is 0. The molecule has 0 aromatic rings. The molecule has 0 saturated carbocycles. The molecule has 3 nitrogen and oxygen atoms in total. The van der Waals surface area contributed by atoms with Crippen molar-refractivity contribution in [1.82, 2.24) is 0 Å². The lowest BCUT2D eigenvalue weighted by Gasteiger charge is -2.16. The summed E-state index contributed by atoms with van der Waals surface area (Å²) >= 11 is 3.96. The van der Waals surface area contributed by atoms with Crippen molar-refractivity contribution in [2.45, 2.75) is 20.8 Å². The first-order chi connectivity index (χ1) is 7.54. The summed E-state index contributed by atoms with van der Waals surface area (Å²) in [7, 11) is 0. The molecule has 0 aromatic heterocycles. The molecule has 0 saturated heterocycles. The largest absolute Gasteiger partial charge is 0.314 e. The molecule has 0 heterocycles. The molecule has 0 aliphatic carbocycles. The Labute approximate surface area is 110 Å². The molecule has 0 rings (SSSR count). The van der Waals surface area contributed by atoms with E-state index in [1.165, 1.54) is 34.5 Å². The summed E-state index contributed by atoms with van der Waals surface area (Å²) in [5.74, 6) is 0.137. The van der Waals surface area contributed by atoms with Gasteiger partial charge in [0.25, 0.3) is 0 Å². The summed E-state index contributed by atoms with van der Waals surface area (Å²) in [6.07, 6.45) is 0. The first-order valence-corrected chi connectivity index (χ1v) is 10.9. The Hall–Kier alpha value is 0.730. The Balaban J connectivity index is 4.02. The monoisotopic (exact) mass is 299 g/mol. The summed E-state index contributed by atoms with van der Waals surface area (Å²) in [4.78, 5) is 0. The van der Waals surface area contributed by atoms with Crippen molar-refractivity contribution in [3.05, 3.63) is 0 Å². The van der Waals surface area contributed by atoms with Crippen molar-refractivity contribution >= 4 is 40.3 Å². The van der Waals surface area contributed by atoms with Crippen LogP contribution in [0.4, 0.5) is 0 Å². The van der Waals surface area contributed by atoms with Gasteiger partial charge in [0.05, 0.1) is 6.61 Å². The maximum absolute atomic E-state index is 12.3. The van der Waals surface area contributed by atoms with Gasteiger partial charge in [0.1, 0.15) is 5.40 Å². The van der Waals surface area contributed by atoms with Crippen molar-refractivity contribution in [2.75, 3.05) is 23.9 Å². The van der Waals surface area contributed by atoms with Gasteiger partial charge in [-0.25, -0.2) is 0 Å². The SMILES string of the molecule is CCOP(=O)(SCCSC#N)SCC(C)C. The van der Waals surface area contributed by atoms with Crippen LogP contribution in [0.5, 0.6) is 0 Å². The number of thiocyanates is 1. The van der Waals surface area contributed by atoms with Gasteiger partial charge in [-0.15, -0.1) is 0 Å². The molecule has 0 bridgehead atoms. The second-order valence-corrected chi connectivity index (χ2v) is 11.7. The maximum atomic E-state index is 12.3. The molecule has 1 atom stereocenters. The molecule has 7 heteroatoms. The number of thioether (sulfide) groups is 1. The standard InChI is InChI=1S/C9H18NO2PS3/c1-4-12-13(11,16-7-9(2)3)15-6-5-14-8-10/h9H,4-7H2,1-3H3. The van der Waals surface area contributed by atoms with Crippen molar-refractivity contribution in [3.8, 4) is 5.40 Å². The normalized spacial score (nSPS) is 14.7. The summed E-state index contributed by atoms with van der Waals surface area (Å²) in [5, 5.41) is 10.4. The molecule has 0 amide bonds. The molecule has 16 heavy (non-hydrogen) atoms. The maximum Gasteiger partial charge on any atom is 0.313 e. The summed E-state index contributed by atoms with van der Waals surface area (Å²) in [5.41, 5.74) is 0. The van der Waals surface area contributed by atoms with Crippen LogP contribution < -0.4 is 0 Å². The minimum atomic E-state index is -2.60. The van der Waals surface area contributed by atoms with E-state index in [0.717, 1.165) is 5.75 Å². The first kappa shape index (κ1) is 16.7. The third kappa shape index (κ3) is 8.83. The lowest BCUT2D eigenvalue weighted by atomic mass is 10.3. The van der Waals surface area contributed by atoms with Gasteiger partial charge in [-0.1, -0.05) is 36.6 Å². The predicted molar refractivity (Wildman–Crippen MR) is 77.1 cm³/mol. The van der Waals surface area contributed by atoms with E-state index in [1.807, 2.05) is 12.3 Å². The van der Waals surface area contributed by atoms with Gasteiger partial charge in [0.2, 0.25) is 0 Å². The number of nitriles is 1. The Bertz CT molecular complexity index is 268. The average Bonchev–Trinajstić information content (AvgIpc) is 2.22. The zero-order chi connectivity index (χ0) is 12.4. The van der Waals surface area contributed by atoms with Gasteiger partial charge in [0.15, 0.2) is 0 Å².